The number of rotatable bonds is 4. The fourth-order valence-electron chi connectivity index (χ4n) is 2.57. The maximum Gasteiger partial charge on any atom is 0.228 e. The minimum absolute atomic E-state index is 0. The molecule has 5 nitrogen and oxygen atoms in total. The Morgan fingerprint density at radius 3 is 3.06 bits per heavy atom. The van der Waals surface area contributed by atoms with Crippen LogP contribution in [0.1, 0.15) is 26.2 Å². The molecule has 18 heavy (non-hydrogen) atoms. The Kier molecular flexibility index (Phi) is 5.62. The summed E-state index contributed by atoms with van der Waals surface area (Å²) in [4.78, 5) is 12.1. The summed E-state index contributed by atoms with van der Waals surface area (Å²) in [5.74, 6) is 1.28. The molecule has 1 heterocycles. The van der Waals surface area contributed by atoms with Crippen molar-refractivity contribution in [3.05, 3.63) is 12.3 Å². The molecule has 1 fully saturated rings. The van der Waals surface area contributed by atoms with Crippen LogP contribution in [0, 0.1) is 11.8 Å². The van der Waals surface area contributed by atoms with Crippen molar-refractivity contribution in [1.82, 2.24) is 9.78 Å². The van der Waals surface area contributed by atoms with Crippen LogP contribution in [0.25, 0.3) is 0 Å². The lowest BCUT2D eigenvalue weighted by atomic mass is 9.95. The molecule has 1 aromatic rings. The maximum atomic E-state index is 12.1. The topological polar surface area (TPSA) is 72.9 Å². The lowest BCUT2D eigenvalue weighted by Crippen LogP contribution is -2.30. The molecule has 1 aromatic heterocycles. The zero-order valence-corrected chi connectivity index (χ0v) is 11.4. The first-order chi connectivity index (χ1) is 8.26. The summed E-state index contributed by atoms with van der Waals surface area (Å²) >= 11 is 0. The molecule has 6 heteroatoms. The number of nitrogens with two attached hydrogens (primary N) is 1. The third-order valence-electron chi connectivity index (χ3n) is 3.57. The van der Waals surface area contributed by atoms with Crippen molar-refractivity contribution in [3.8, 4) is 0 Å². The molecule has 0 aliphatic heterocycles. The van der Waals surface area contributed by atoms with E-state index >= 15 is 0 Å². The summed E-state index contributed by atoms with van der Waals surface area (Å²) in [7, 11) is 0. The SMILES string of the molecule is CCn1nccc1NC(=O)[C@@H]1CCC[C@@H]1CN.Cl. The first-order valence-electron chi connectivity index (χ1n) is 6.29. The largest absolute Gasteiger partial charge is 0.330 e. The lowest BCUT2D eigenvalue weighted by Gasteiger charge is -2.17. The van der Waals surface area contributed by atoms with E-state index in [1.54, 1.807) is 10.9 Å². The fourth-order valence-corrected chi connectivity index (χ4v) is 2.57. The normalized spacial score (nSPS) is 22.6. The first-order valence-corrected chi connectivity index (χ1v) is 6.29. The molecule has 0 aromatic carbocycles. The van der Waals surface area contributed by atoms with E-state index in [0.29, 0.717) is 12.5 Å². The summed E-state index contributed by atoms with van der Waals surface area (Å²) in [6.45, 7) is 3.36. The van der Waals surface area contributed by atoms with Crippen LogP contribution >= 0.6 is 12.4 Å². The summed E-state index contributed by atoms with van der Waals surface area (Å²) in [6, 6.07) is 1.83. The molecule has 102 valence electrons. The molecule has 0 unspecified atom stereocenters. The third-order valence-corrected chi connectivity index (χ3v) is 3.57. The summed E-state index contributed by atoms with van der Waals surface area (Å²) in [5, 5.41) is 7.08. The monoisotopic (exact) mass is 272 g/mol. The molecule has 2 rings (SSSR count). The van der Waals surface area contributed by atoms with Gasteiger partial charge in [0, 0.05) is 18.5 Å². The number of aryl methyl sites for hydroxylation is 1. The average molecular weight is 273 g/mol. The maximum absolute atomic E-state index is 12.1. The average Bonchev–Trinajstić information content (AvgIpc) is 2.96. The van der Waals surface area contributed by atoms with Crippen LogP contribution in [-0.2, 0) is 11.3 Å². The van der Waals surface area contributed by atoms with Crippen molar-refractivity contribution in [1.29, 1.82) is 0 Å². The van der Waals surface area contributed by atoms with Crippen molar-refractivity contribution in [2.45, 2.75) is 32.7 Å². The highest BCUT2D eigenvalue weighted by Gasteiger charge is 2.32. The smallest absolute Gasteiger partial charge is 0.228 e. The van der Waals surface area contributed by atoms with E-state index < -0.39 is 0 Å². The minimum Gasteiger partial charge on any atom is -0.330 e. The van der Waals surface area contributed by atoms with Gasteiger partial charge in [0.25, 0.3) is 0 Å². The predicted molar refractivity (Wildman–Crippen MR) is 73.7 cm³/mol. The summed E-state index contributed by atoms with van der Waals surface area (Å²) in [5.41, 5.74) is 5.69. The number of aromatic nitrogens is 2. The fraction of sp³-hybridized carbons (Fsp3) is 0.667. The molecule has 0 radical (unpaired) electrons. The molecule has 1 amide bonds. The second-order valence-electron chi connectivity index (χ2n) is 4.55. The summed E-state index contributed by atoms with van der Waals surface area (Å²) < 4.78 is 1.78. The van der Waals surface area contributed by atoms with Gasteiger partial charge in [-0.3, -0.25) is 4.79 Å². The van der Waals surface area contributed by atoms with Gasteiger partial charge in [0.2, 0.25) is 5.91 Å². The van der Waals surface area contributed by atoms with Gasteiger partial charge in [-0.05, 0) is 32.2 Å². The van der Waals surface area contributed by atoms with Gasteiger partial charge >= 0.3 is 0 Å². The highest BCUT2D eigenvalue weighted by molar-refractivity contribution is 5.92. The number of hydrogen-bond donors (Lipinski definition) is 2. The number of amides is 1. The Labute approximate surface area is 114 Å². The second-order valence-corrected chi connectivity index (χ2v) is 4.55. The second kappa shape index (κ2) is 6.75. The Hall–Kier alpha value is -1.07. The molecule has 3 N–H and O–H groups in total. The number of nitrogens with zero attached hydrogens (tertiary/aromatic N) is 2. The van der Waals surface area contributed by atoms with E-state index in [-0.39, 0.29) is 24.2 Å². The van der Waals surface area contributed by atoms with Crippen molar-refractivity contribution in [2.75, 3.05) is 11.9 Å². The van der Waals surface area contributed by atoms with Crippen LogP contribution in [0.15, 0.2) is 12.3 Å². The molecule has 2 atom stereocenters. The standard InChI is InChI=1S/C12H20N4O.ClH/c1-2-16-11(6-7-14-16)15-12(17)10-5-3-4-9(10)8-13;/h6-7,9-10H,2-5,8,13H2,1H3,(H,15,17);1H/t9-,10-;/m1./s1. The zero-order valence-electron chi connectivity index (χ0n) is 10.6. The van der Waals surface area contributed by atoms with E-state index in [4.69, 9.17) is 5.73 Å². The van der Waals surface area contributed by atoms with E-state index in [1.807, 2.05) is 13.0 Å². The Morgan fingerprint density at radius 1 is 1.61 bits per heavy atom. The summed E-state index contributed by atoms with van der Waals surface area (Å²) in [6.07, 6.45) is 4.83. The quantitative estimate of drug-likeness (QED) is 0.875. The highest BCUT2D eigenvalue weighted by Crippen LogP contribution is 2.31. The zero-order chi connectivity index (χ0) is 12.3. The van der Waals surface area contributed by atoms with Crippen LogP contribution in [0.4, 0.5) is 5.82 Å². The van der Waals surface area contributed by atoms with Crippen molar-refractivity contribution < 1.29 is 4.79 Å². The van der Waals surface area contributed by atoms with Gasteiger partial charge in [0.15, 0.2) is 0 Å². The highest BCUT2D eigenvalue weighted by atomic mass is 35.5. The van der Waals surface area contributed by atoms with Crippen LogP contribution in [0.2, 0.25) is 0 Å². The molecule has 1 saturated carbocycles. The Morgan fingerprint density at radius 2 is 2.39 bits per heavy atom. The minimum atomic E-state index is 0. The third kappa shape index (κ3) is 3.03. The van der Waals surface area contributed by atoms with Crippen LogP contribution < -0.4 is 11.1 Å². The van der Waals surface area contributed by atoms with Crippen molar-refractivity contribution in [2.24, 2.45) is 17.6 Å². The van der Waals surface area contributed by atoms with Gasteiger partial charge in [-0.15, -0.1) is 12.4 Å². The molecule has 0 bridgehead atoms. The molecule has 0 saturated heterocycles. The lowest BCUT2D eigenvalue weighted by molar-refractivity contribution is -0.120. The Balaban J connectivity index is 0.00000162. The van der Waals surface area contributed by atoms with Gasteiger partial charge in [-0.1, -0.05) is 6.42 Å². The molecule has 1 aliphatic carbocycles. The van der Waals surface area contributed by atoms with Crippen LogP contribution in [0.3, 0.4) is 0 Å². The van der Waals surface area contributed by atoms with Gasteiger partial charge in [0.05, 0.1) is 6.20 Å². The molecule has 0 spiro atoms. The first kappa shape index (κ1) is 15.0. The number of nitrogens with one attached hydrogen (secondary N) is 1. The van der Waals surface area contributed by atoms with E-state index in [9.17, 15) is 4.79 Å². The van der Waals surface area contributed by atoms with E-state index in [0.717, 1.165) is 31.6 Å². The van der Waals surface area contributed by atoms with Crippen LogP contribution in [0.5, 0.6) is 0 Å². The number of hydrogen-bond acceptors (Lipinski definition) is 3. The predicted octanol–water partition coefficient (Wildman–Crippen LogP) is 1.64. The van der Waals surface area contributed by atoms with Crippen molar-refractivity contribution in [3.63, 3.8) is 0 Å². The van der Waals surface area contributed by atoms with Crippen LogP contribution in [-0.4, -0.2) is 22.2 Å². The molecular formula is C12H21ClN4O. The van der Waals surface area contributed by atoms with E-state index in [2.05, 4.69) is 10.4 Å². The van der Waals surface area contributed by atoms with Gasteiger partial charge in [-0.25, -0.2) is 4.68 Å². The number of carbonyl (C=O) groups is 1. The van der Waals surface area contributed by atoms with Gasteiger partial charge < -0.3 is 11.1 Å². The molecular weight excluding hydrogens is 252 g/mol. The van der Waals surface area contributed by atoms with Gasteiger partial charge in [0.1, 0.15) is 5.82 Å². The number of carbonyl (C=O) groups excluding carboxylic acids is 1. The van der Waals surface area contributed by atoms with Gasteiger partial charge in [-0.2, -0.15) is 5.10 Å². The number of anilines is 1. The number of halogens is 1. The van der Waals surface area contributed by atoms with E-state index in [1.165, 1.54) is 0 Å². The van der Waals surface area contributed by atoms with Crippen molar-refractivity contribution >= 4 is 24.1 Å². The Bertz CT molecular complexity index is 393. The molecule has 1 aliphatic rings.